The summed E-state index contributed by atoms with van der Waals surface area (Å²) in [4.78, 5) is 27.9. The first-order valence-electron chi connectivity index (χ1n) is 15.3. The van der Waals surface area contributed by atoms with Gasteiger partial charge in [-0.25, -0.2) is 9.29 Å². The molecule has 2 heterocycles. The highest BCUT2D eigenvalue weighted by molar-refractivity contribution is 6.22. The molecule has 3 aliphatic rings. The normalized spacial score (nSPS) is 23.8. The zero-order chi connectivity index (χ0) is 33.6. The minimum atomic E-state index is -5.13. The summed E-state index contributed by atoms with van der Waals surface area (Å²) < 4.78 is 102. The van der Waals surface area contributed by atoms with E-state index in [1.165, 1.54) is 12.1 Å². The molecule has 0 bridgehead atoms. The van der Waals surface area contributed by atoms with Crippen molar-refractivity contribution in [2.75, 3.05) is 11.5 Å². The molecule has 0 spiro atoms. The molecule has 2 aromatic carbocycles. The molecule has 0 saturated carbocycles. The van der Waals surface area contributed by atoms with Crippen LogP contribution in [0.15, 0.2) is 53.1 Å². The van der Waals surface area contributed by atoms with Crippen molar-refractivity contribution in [2.45, 2.75) is 77.2 Å². The highest BCUT2D eigenvalue weighted by Gasteiger charge is 2.57. The van der Waals surface area contributed by atoms with Gasteiger partial charge in [0, 0.05) is 5.92 Å². The number of benzene rings is 2. The van der Waals surface area contributed by atoms with Crippen molar-refractivity contribution in [1.29, 1.82) is 0 Å². The molecule has 46 heavy (non-hydrogen) atoms. The maximum absolute atomic E-state index is 13.9. The number of fused-ring (bicyclic) bond motifs is 3. The molecule has 2 aliphatic heterocycles. The summed E-state index contributed by atoms with van der Waals surface area (Å²) in [6, 6.07) is 4.93. The molecule has 2 amide bonds. The lowest BCUT2D eigenvalue weighted by Crippen LogP contribution is -2.34. The summed E-state index contributed by atoms with van der Waals surface area (Å²) in [5, 5.41) is 9.52. The maximum Gasteiger partial charge on any atom is 0.416 e. The van der Waals surface area contributed by atoms with E-state index in [1.807, 2.05) is 19.9 Å². The SMILES string of the molecule is CCCC1=C2[C@@H](CC/C(=C/c3ccc(O)c(F)c3)CCC)OC[C@@H]2[C@@H]2C(=O)N(c3cc(C(F)(F)F)cc(C(F)(F)F)c3)C(=O)[C@@H]2C1. The van der Waals surface area contributed by atoms with Crippen LogP contribution in [0.2, 0.25) is 0 Å². The second kappa shape index (κ2) is 12.8. The van der Waals surface area contributed by atoms with Crippen LogP contribution in [0.4, 0.5) is 36.4 Å². The van der Waals surface area contributed by atoms with Crippen LogP contribution < -0.4 is 4.90 Å². The topological polar surface area (TPSA) is 66.8 Å². The van der Waals surface area contributed by atoms with Crippen LogP contribution in [-0.4, -0.2) is 29.6 Å². The van der Waals surface area contributed by atoms with Crippen molar-refractivity contribution < 1.29 is 50.2 Å². The fourth-order valence-corrected chi connectivity index (χ4v) is 7.09. The van der Waals surface area contributed by atoms with Crippen LogP contribution >= 0.6 is 0 Å². The zero-order valence-corrected chi connectivity index (χ0v) is 25.3. The van der Waals surface area contributed by atoms with Gasteiger partial charge in [0.2, 0.25) is 11.8 Å². The Morgan fingerprint density at radius 2 is 1.61 bits per heavy atom. The molecular weight excluding hydrogens is 619 g/mol. The molecule has 5 nitrogen and oxygen atoms in total. The molecule has 0 aromatic heterocycles. The predicted molar refractivity (Wildman–Crippen MR) is 156 cm³/mol. The first-order valence-corrected chi connectivity index (χ1v) is 15.3. The number of allylic oxidation sites excluding steroid dienone is 2. The summed E-state index contributed by atoms with van der Waals surface area (Å²) in [7, 11) is 0. The van der Waals surface area contributed by atoms with Gasteiger partial charge < -0.3 is 9.84 Å². The number of carbonyl (C=O) groups excluding carboxylic acids is 2. The van der Waals surface area contributed by atoms with Gasteiger partial charge in [-0.15, -0.1) is 0 Å². The molecule has 2 saturated heterocycles. The minimum absolute atomic E-state index is 0.0323. The van der Waals surface area contributed by atoms with Crippen molar-refractivity contribution in [2.24, 2.45) is 17.8 Å². The number of phenols is 1. The Balaban J connectivity index is 1.43. The number of amides is 2. The van der Waals surface area contributed by atoms with E-state index in [9.17, 15) is 45.4 Å². The van der Waals surface area contributed by atoms with Gasteiger partial charge in [0.25, 0.3) is 0 Å². The third-order valence-electron chi connectivity index (χ3n) is 9.03. The van der Waals surface area contributed by atoms with Gasteiger partial charge in [0.05, 0.1) is 41.4 Å². The van der Waals surface area contributed by atoms with Gasteiger partial charge in [-0.2, -0.15) is 26.3 Å². The molecular formula is C34H34F7NO4. The summed E-state index contributed by atoms with van der Waals surface area (Å²) >= 11 is 0. The highest BCUT2D eigenvalue weighted by atomic mass is 19.4. The first kappa shape index (κ1) is 33.7. The van der Waals surface area contributed by atoms with Gasteiger partial charge >= 0.3 is 12.4 Å². The van der Waals surface area contributed by atoms with Gasteiger partial charge in [-0.1, -0.05) is 50.0 Å². The number of halogens is 7. The third-order valence-corrected chi connectivity index (χ3v) is 9.03. The fourth-order valence-electron chi connectivity index (χ4n) is 7.09. The molecule has 2 aromatic rings. The highest BCUT2D eigenvalue weighted by Crippen LogP contribution is 2.52. The lowest BCUT2D eigenvalue weighted by molar-refractivity contribution is -0.143. The van der Waals surface area contributed by atoms with E-state index in [2.05, 4.69) is 0 Å². The molecule has 4 atom stereocenters. The number of phenolic OH excluding ortho intramolecular Hbond substituents is 1. The van der Waals surface area contributed by atoms with E-state index in [0.29, 0.717) is 41.9 Å². The number of hydrogen-bond donors (Lipinski definition) is 1. The number of rotatable bonds is 9. The molecule has 2 fully saturated rings. The van der Waals surface area contributed by atoms with Gasteiger partial charge in [0.15, 0.2) is 11.6 Å². The number of carbonyl (C=O) groups is 2. The van der Waals surface area contributed by atoms with Gasteiger partial charge in [-0.05, 0) is 73.6 Å². The van der Waals surface area contributed by atoms with E-state index in [0.717, 1.165) is 36.0 Å². The average Bonchev–Trinajstić information content (AvgIpc) is 3.51. The summed E-state index contributed by atoms with van der Waals surface area (Å²) in [5.41, 5.74) is -0.524. The lowest BCUT2D eigenvalue weighted by Gasteiger charge is -2.32. The van der Waals surface area contributed by atoms with Crippen LogP contribution in [-0.2, 0) is 26.7 Å². The van der Waals surface area contributed by atoms with E-state index < -0.39 is 76.4 Å². The number of hydrogen-bond acceptors (Lipinski definition) is 4. The third kappa shape index (κ3) is 6.59. The van der Waals surface area contributed by atoms with Crippen LogP contribution in [0.3, 0.4) is 0 Å². The number of ether oxygens (including phenoxy) is 1. The van der Waals surface area contributed by atoms with Gasteiger partial charge in [0.1, 0.15) is 0 Å². The maximum atomic E-state index is 13.9. The number of imide groups is 1. The molecule has 248 valence electrons. The lowest BCUT2D eigenvalue weighted by atomic mass is 9.68. The van der Waals surface area contributed by atoms with E-state index in [-0.39, 0.29) is 19.1 Å². The standard InChI is InChI=1S/C34H34F7NO4/c1-3-5-18(11-19-7-9-27(43)26(35)12-19)8-10-28-29-20(6-4-2)13-24-30(25(29)17-46-28)32(45)42(31(24)44)23-15-21(33(36,37)38)14-22(16-23)34(39,40)41/h7,9,11-12,14-16,24-25,28,30,43H,3-6,8,10,13,17H2,1-2H3/b18-11+/t24-,25+,28-,30-/m1/s1. The van der Waals surface area contributed by atoms with Crippen LogP contribution in [0.1, 0.15) is 75.5 Å². The number of alkyl halides is 6. The number of aromatic hydroxyl groups is 1. The second-order valence-electron chi connectivity index (χ2n) is 12.2. The smallest absolute Gasteiger partial charge is 0.416 e. The molecule has 12 heteroatoms. The van der Waals surface area contributed by atoms with Crippen molar-refractivity contribution in [3.8, 4) is 5.75 Å². The Hall–Kier alpha value is -3.67. The Bertz CT molecular complexity index is 1540. The first-order chi connectivity index (χ1) is 21.6. The minimum Gasteiger partial charge on any atom is -0.505 e. The number of nitrogens with zero attached hydrogens (tertiary/aromatic N) is 1. The molecule has 1 aliphatic carbocycles. The monoisotopic (exact) mass is 653 g/mol. The van der Waals surface area contributed by atoms with Crippen molar-refractivity contribution in [1.82, 2.24) is 0 Å². The van der Waals surface area contributed by atoms with Crippen molar-refractivity contribution >= 4 is 23.6 Å². The summed E-state index contributed by atoms with van der Waals surface area (Å²) in [5.74, 6) is -5.25. The van der Waals surface area contributed by atoms with Crippen LogP contribution in [0.5, 0.6) is 5.75 Å². The molecule has 1 N–H and O–H groups in total. The summed E-state index contributed by atoms with van der Waals surface area (Å²) in [6.07, 6.45) is -4.66. The van der Waals surface area contributed by atoms with E-state index in [4.69, 9.17) is 4.74 Å². The molecule has 5 rings (SSSR count). The zero-order valence-electron chi connectivity index (χ0n) is 25.3. The Kier molecular flexibility index (Phi) is 9.41. The quantitative estimate of drug-likeness (QED) is 0.167. The van der Waals surface area contributed by atoms with Crippen molar-refractivity contribution in [3.05, 3.63) is 75.6 Å². The van der Waals surface area contributed by atoms with Crippen LogP contribution in [0, 0.1) is 23.6 Å². The van der Waals surface area contributed by atoms with E-state index in [1.54, 1.807) is 6.07 Å². The van der Waals surface area contributed by atoms with Crippen molar-refractivity contribution in [3.63, 3.8) is 0 Å². The predicted octanol–water partition coefficient (Wildman–Crippen LogP) is 8.85. The Morgan fingerprint density at radius 3 is 2.20 bits per heavy atom. The molecule has 0 unspecified atom stereocenters. The van der Waals surface area contributed by atoms with Gasteiger partial charge in [-0.3, -0.25) is 9.59 Å². The Morgan fingerprint density at radius 1 is 0.935 bits per heavy atom. The largest absolute Gasteiger partial charge is 0.505 e. The fraction of sp³-hybridized carbons (Fsp3) is 0.471. The Labute approximate surface area is 261 Å². The van der Waals surface area contributed by atoms with E-state index >= 15 is 0 Å². The molecule has 0 radical (unpaired) electrons. The number of anilines is 1. The summed E-state index contributed by atoms with van der Waals surface area (Å²) in [6.45, 7) is 4.05. The average molecular weight is 654 g/mol. The second-order valence-corrected chi connectivity index (χ2v) is 12.2. The van der Waals surface area contributed by atoms with Crippen LogP contribution in [0.25, 0.3) is 6.08 Å².